The number of furan rings is 1. The van der Waals surface area contributed by atoms with Crippen LogP contribution in [0, 0.1) is 0 Å². The lowest BCUT2D eigenvalue weighted by molar-refractivity contribution is -0.123. The number of imide groups is 1. The standard InChI is InChI=1S/C23H21N3O5/c1-2-24-23(29)26-19(27)13-31-22(28)20-16-7-3-4-8-18(16)25-21-14(9-10-17(20)21)12-15-6-5-11-30-15/h3-8,11-12H,2,9-10,13H2,1H3,(H2,24,26,27,29). The highest BCUT2D eigenvalue weighted by Gasteiger charge is 2.28. The second kappa shape index (κ2) is 8.83. The molecule has 2 aromatic heterocycles. The van der Waals surface area contributed by atoms with Crippen molar-refractivity contribution in [3.05, 3.63) is 65.2 Å². The highest BCUT2D eigenvalue weighted by atomic mass is 16.5. The number of allylic oxidation sites excluding steroid dienone is 1. The molecule has 158 valence electrons. The second-order valence-corrected chi connectivity index (χ2v) is 7.00. The van der Waals surface area contributed by atoms with E-state index in [-0.39, 0.29) is 0 Å². The number of para-hydroxylation sites is 1. The molecule has 0 saturated carbocycles. The summed E-state index contributed by atoms with van der Waals surface area (Å²) in [6, 6.07) is 10.3. The van der Waals surface area contributed by atoms with Gasteiger partial charge in [0.15, 0.2) is 6.61 Å². The van der Waals surface area contributed by atoms with Crippen LogP contribution in [0.4, 0.5) is 4.79 Å². The molecule has 0 saturated heterocycles. The van der Waals surface area contributed by atoms with Crippen molar-refractivity contribution in [3.63, 3.8) is 0 Å². The molecule has 4 rings (SSSR count). The number of nitrogens with one attached hydrogen (secondary N) is 2. The van der Waals surface area contributed by atoms with Gasteiger partial charge in [0.05, 0.1) is 23.0 Å². The number of aromatic nitrogens is 1. The number of hydrogen-bond acceptors (Lipinski definition) is 6. The van der Waals surface area contributed by atoms with Crippen molar-refractivity contribution in [2.24, 2.45) is 0 Å². The molecule has 1 aliphatic rings. The Balaban J connectivity index is 1.64. The van der Waals surface area contributed by atoms with E-state index in [1.54, 1.807) is 13.2 Å². The quantitative estimate of drug-likeness (QED) is 0.614. The summed E-state index contributed by atoms with van der Waals surface area (Å²) in [7, 11) is 0. The molecule has 31 heavy (non-hydrogen) atoms. The Morgan fingerprint density at radius 2 is 2.00 bits per heavy atom. The Hall–Kier alpha value is -3.94. The maximum absolute atomic E-state index is 13.0. The summed E-state index contributed by atoms with van der Waals surface area (Å²) < 4.78 is 10.7. The zero-order chi connectivity index (χ0) is 21.8. The molecule has 3 amide bonds. The summed E-state index contributed by atoms with van der Waals surface area (Å²) in [5, 5.41) is 5.22. The smallest absolute Gasteiger partial charge is 0.339 e. The number of ether oxygens (including phenoxy) is 1. The van der Waals surface area contributed by atoms with Gasteiger partial charge < -0.3 is 14.5 Å². The minimum absolute atomic E-state index is 0.377. The largest absolute Gasteiger partial charge is 0.465 e. The number of benzene rings is 1. The zero-order valence-electron chi connectivity index (χ0n) is 16.9. The van der Waals surface area contributed by atoms with E-state index in [1.807, 2.05) is 42.5 Å². The number of urea groups is 1. The van der Waals surface area contributed by atoms with Crippen molar-refractivity contribution in [2.45, 2.75) is 19.8 Å². The van der Waals surface area contributed by atoms with E-state index in [0.717, 1.165) is 16.8 Å². The van der Waals surface area contributed by atoms with E-state index < -0.39 is 24.5 Å². The number of carbonyl (C=O) groups is 3. The third-order valence-corrected chi connectivity index (χ3v) is 4.93. The van der Waals surface area contributed by atoms with Gasteiger partial charge in [0.2, 0.25) is 0 Å². The Morgan fingerprint density at radius 1 is 1.16 bits per heavy atom. The van der Waals surface area contributed by atoms with Crippen LogP contribution in [0.2, 0.25) is 0 Å². The van der Waals surface area contributed by atoms with E-state index >= 15 is 0 Å². The number of rotatable bonds is 5. The van der Waals surface area contributed by atoms with Crippen molar-refractivity contribution in [2.75, 3.05) is 13.2 Å². The second-order valence-electron chi connectivity index (χ2n) is 7.00. The third-order valence-electron chi connectivity index (χ3n) is 4.93. The van der Waals surface area contributed by atoms with Crippen LogP contribution in [0.15, 0.2) is 47.1 Å². The van der Waals surface area contributed by atoms with Crippen molar-refractivity contribution in [1.29, 1.82) is 0 Å². The zero-order valence-corrected chi connectivity index (χ0v) is 16.9. The van der Waals surface area contributed by atoms with Gasteiger partial charge in [-0.15, -0.1) is 0 Å². The SMILES string of the molecule is CCNC(=O)NC(=O)COC(=O)c1c2c(nc3ccccc13)C(=Cc1ccco1)CC2. The van der Waals surface area contributed by atoms with Gasteiger partial charge in [-0.25, -0.2) is 14.6 Å². The molecule has 1 aromatic carbocycles. The number of fused-ring (bicyclic) bond motifs is 2. The fourth-order valence-corrected chi connectivity index (χ4v) is 3.63. The number of esters is 1. The first kappa shape index (κ1) is 20.3. The Morgan fingerprint density at radius 3 is 2.77 bits per heavy atom. The van der Waals surface area contributed by atoms with Crippen LogP contribution in [0.25, 0.3) is 22.6 Å². The molecule has 2 N–H and O–H groups in total. The first-order chi connectivity index (χ1) is 15.1. The van der Waals surface area contributed by atoms with Crippen molar-refractivity contribution < 1.29 is 23.5 Å². The summed E-state index contributed by atoms with van der Waals surface area (Å²) in [4.78, 5) is 41.1. The van der Waals surface area contributed by atoms with Crippen LogP contribution in [0.3, 0.4) is 0 Å². The Labute approximate surface area is 178 Å². The lowest BCUT2D eigenvalue weighted by atomic mass is 10.0. The van der Waals surface area contributed by atoms with Crippen LogP contribution in [0.5, 0.6) is 0 Å². The Bertz CT molecular complexity index is 1180. The van der Waals surface area contributed by atoms with E-state index in [9.17, 15) is 14.4 Å². The van der Waals surface area contributed by atoms with Crippen LogP contribution >= 0.6 is 0 Å². The average molecular weight is 419 g/mol. The molecular weight excluding hydrogens is 398 g/mol. The van der Waals surface area contributed by atoms with Crippen LogP contribution < -0.4 is 10.6 Å². The molecule has 2 heterocycles. The lowest BCUT2D eigenvalue weighted by Crippen LogP contribution is -2.41. The minimum Gasteiger partial charge on any atom is -0.465 e. The van der Waals surface area contributed by atoms with Gasteiger partial charge in [0.25, 0.3) is 5.91 Å². The van der Waals surface area contributed by atoms with E-state index in [2.05, 4.69) is 10.6 Å². The van der Waals surface area contributed by atoms with Gasteiger partial charge in [0, 0.05) is 11.9 Å². The fourth-order valence-electron chi connectivity index (χ4n) is 3.63. The average Bonchev–Trinajstić information content (AvgIpc) is 3.41. The first-order valence-electron chi connectivity index (χ1n) is 9.97. The molecule has 3 aromatic rings. The van der Waals surface area contributed by atoms with Crippen LogP contribution in [0.1, 0.15) is 40.7 Å². The topological polar surface area (TPSA) is 111 Å². The molecule has 1 aliphatic carbocycles. The van der Waals surface area contributed by atoms with Gasteiger partial charge in [0.1, 0.15) is 5.76 Å². The van der Waals surface area contributed by atoms with Gasteiger partial charge in [-0.2, -0.15) is 0 Å². The van der Waals surface area contributed by atoms with Crippen molar-refractivity contribution in [1.82, 2.24) is 15.6 Å². The summed E-state index contributed by atoms with van der Waals surface area (Å²) >= 11 is 0. The fraction of sp³-hybridized carbons (Fsp3) is 0.217. The monoisotopic (exact) mass is 419 g/mol. The first-order valence-corrected chi connectivity index (χ1v) is 9.97. The van der Waals surface area contributed by atoms with E-state index in [0.29, 0.717) is 41.6 Å². The molecule has 0 spiro atoms. The third kappa shape index (κ3) is 4.32. The number of nitrogens with zero attached hydrogens (tertiary/aromatic N) is 1. The number of hydrogen-bond donors (Lipinski definition) is 2. The maximum atomic E-state index is 13.0. The summed E-state index contributed by atoms with van der Waals surface area (Å²) in [5.74, 6) is -0.614. The highest BCUT2D eigenvalue weighted by molar-refractivity contribution is 6.07. The Kier molecular flexibility index (Phi) is 5.79. The molecule has 0 atom stereocenters. The molecule has 0 fully saturated rings. The predicted molar refractivity (Wildman–Crippen MR) is 114 cm³/mol. The molecular formula is C23H21N3O5. The van der Waals surface area contributed by atoms with Gasteiger partial charge in [-0.05, 0) is 55.2 Å². The minimum atomic E-state index is -0.701. The van der Waals surface area contributed by atoms with Crippen LogP contribution in [-0.2, 0) is 16.0 Å². The molecule has 0 unspecified atom stereocenters. The number of amides is 3. The van der Waals surface area contributed by atoms with Crippen molar-refractivity contribution in [3.8, 4) is 0 Å². The molecule has 0 aliphatic heterocycles. The van der Waals surface area contributed by atoms with Crippen LogP contribution in [-0.4, -0.2) is 36.0 Å². The number of pyridine rings is 1. The summed E-state index contributed by atoms with van der Waals surface area (Å²) in [5.41, 5.74) is 3.54. The molecule has 0 radical (unpaired) electrons. The molecule has 8 nitrogen and oxygen atoms in total. The van der Waals surface area contributed by atoms with Gasteiger partial charge >= 0.3 is 12.0 Å². The van der Waals surface area contributed by atoms with E-state index in [4.69, 9.17) is 14.1 Å². The molecule has 8 heteroatoms. The lowest BCUT2D eigenvalue weighted by Gasteiger charge is -2.12. The maximum Gasteiger partial charge on any atom is 0.339 e. The van der Waals surface area contributed by atoms with E-state index in [1.165, 1.54) is 0 Å². The summed E-state index contributed by atoms with van der Waals surface area (Å²) in [6.07, 6.45) is 4.85. The van der Waals surface area contributed by atoms with Crippen molar-refractivity contribution >= 4 is 40.5 Å². The number of carbonyl (C=O) groups excluding carboxylic acids is 3. The van der Waals surface area contributed by atoms with Gasteiger partial charge in [-0.1, -0.05) is 18.2 Å². The molecule has 0 bridgehead atoms. The predicted octanol–water partition coefficient (Wildman–Crippen LogP) is 3.32. The normalized spacial score (nSPS) is 13.8. The summed E-state index contributed by atoms with van der Waals surface area (Å²) in [6.45, 7) is 1.55. The van der Waals surface area contributed by atoms with Gasteiger partial charge in [-0.3, -0.25) is 10.1 Å². The highest BCUT2D eigenvalue weighted by Crippen LogP contribution is 2.37.